The number of rotatable bonds is 3. The van der Waals surface area contributed by atoms with E-state index in [4.69, 9.17) is 5.11 Å². The van der Waals surface area contributed by atoms with Crippen molar-refractivity contribution in [3.63, 3.8) is 0 Å². The van der Waals surface area contributed by atoms with Gasteiger partial charge < -0.3 is 5.11 Å². The van der Waals surface area contributed by atoms with Gasteiger partial charge in [0.05, 0.1) is 0 Å². The van der Waals surface area contributed by atoms with Crippen molar-refractivity contribution in [3.05, 3.63) is 6.67 Å². The largest absolute Gasteiger partial charge is 0.396 e. The predicted octanol–water partition coefficient (Wildman–Crippen LogP) is 0.890. The van der Waals surface area contributed by atoms with Crippen molar-refractivity contribution in [1.29, 1.82) is 0 Å². The van der Waals surface area contributed by atoms with Crippen molar-refractivity contribution in [2.24, 2.45) is 0 Å². The third kappa shape index (κ3) is 3.89. The first-order chi connectivity index (χ1) is 2.91. The van der Waals surface area contributed by atoms with E-state index in [0.29, 0.717) is 19.5 Å². The van der Waals surface area contributed by atoms with Crippen molar-refractivity contribution in [1.82, 2.24) is 0 Å². The maximum Gasteiger partial charge on any atom is 0.131 e. The monoisotopic (exact) mass is 91.1 g/mol. The Labute approximate surface area is 36.8 Å². The van der Waals surface area contributed by atoms with E-state index < -0.39 is 0 Å². The first kappa shape index (κ1) is 5.89. The summed E-state index contributed by atoms with van der Waals surface area (Å²) in [6.45, 7) is 0.636. The summed E-state index contributed by atoms with van der Waals surface area (Å²) in [4.78, 5) is 0. The number of aliphatic hydroxyl groups excluding tert-OH is 1. The zero-order chi connectivity index (χ0) is 4.83. The third-order valence-corrected chi connectivity index (χ3v) is 0.471. The van der Waals surface area contributed by atoms with Gasteiger partial charge in [-0.1, -0.05) is 0 Å². The van der Waals surface area contributed by atoms with E-state index in [2.05, 4.69) is 0 Å². The third-order valence-electron chi connectivity index (χ3n) is 0.471. The Morgan fingerprint density at radius 3 is 2.50 bits per heavy atom. The van der Waals surface area contributed by atoms with E-state index in [0.717, 1.165) is 0 Å². The van der Waals surface area contributed by atoms with Gasteiger partial charge in [0.25, 0.3) is 0 Å². The fourth-order valence-electron chi connectivity index (χ4n) is 0.168. The van der Waals surface area contributed by atoms with Crippen LogP contribution in [0.1, 0.15) is 12.8 Å². The van der Waals surface area contributed by atoms with Crippen molar-refractivity contribution in [2.75, 3.05) is 6.61 Å². The minimum atomic E-state index is 0.0837. The van der Waals surface area contributed by atoms with Crippen LogP contribution < -0.4 is 0 Å². The standard InChI is InChI=1S/C4H8FO/c5-3-1-2-4-6/h3,6H,1-2,4H2. The molecule has 0 saturated carbocycles. The van der Waals surface area contributed by atoms with Crippen LogP contribution in [0, 0.1) is 6.67 Å². The maximum absolute atomic E-state index is 10.9. The summed E-state index contributed by atoms with van der Waals surface area (Å²) in [5.74, 6) is 0. The summed E-state index contributed by atoms with van der Waals surface area (Å²) in [5.41, 5.74) is 0. The molecule has 0 aliphatic heterocycles. The molecule has 0 aliphatic carbocycles. The molecule has 0 amide bonds. The second-order valence-electron chi connectivity index (χ2n) is 1.02. The topological polar surface area (TPSA) is 20.2 Å². The lowest BCUT2D eigenvalue weighted by atomic mass is 10.4. The Balaban J connectivity index is 2.34. The average molecular weight is 91.1 g/mol. The Bertz CT molecular complexity index is 19.5. The summed E-state index contributed by atoms with van der Waals surface area (Å²) >= 11 is 0. The lowest BCUT2D eigenvalue weighted by Gasteiger charge is -1.83. The average Bonchev–Trinajstić information content (AvgIpc) is 1.61. The van der Waals surface area contributed by atoms with Crippen LogP contribution in [0.25, 0.3) is 0 Å². The molecule has 0 saturated heterocycles. The fourth-order valence-corrected chi connectivity index (χ4v) is 0.168. The molecular weight excluding hydrogens is 83.0 g/mol. The van der Waals surface area contributed by atoms with E-state index >= 15 is 0 Å². The van der Waals surface area contributed by atoms with Gasteiger partial charge in [0.2, 0.25) is 0 Å². The first-order valence-electron chi connectivity index (χ1n) is 1.94. The minimum absolute atomic E-state index is 0.0837. The van der Waals surface area contributed by atoms with Gasteiger partial charge in [0.15, 0.2) is 0 Å². The molecule has 0 bridgehead atoms. The maximum atomic E-state index is 10.9. The highest BCUT2D eigenvalue weighted by Crippen LogP contribution is 1.90. The van der Waals surface area contributed by atoms with E-state index in [1.165, 1.54) is 0 Å². The molecule has 0 atom stereocenters. The SMILES string of the molecule is OCCC[CH]F. The number of unbranched alkanes of at least 4 members (excludes halogenated alkanes) is 1. The molecule has 37 valence electrons. The summed E-state index contributed by atoms with van der Waals surface area (Å²) < 4.78 is 10.9. The van der Waals surface area contributed by atoms with Crippen molar-refractivity contribution in [3.8, 4) is 0 Å². The predicted molar refractivity (Wildman–Crippen MR) is 21.7 cm³/mol. The Hall–Kier alpha value is -0.110. The molecule has 0 aliphatic rings. The number of hydrogen-bond donors (Lipinski definition) is 1. The van der Waals surface area contributed by atoms with Crippen LogP contribution in [0.2, 0.25) is 0 Å². The minimum Gasteiger partial charge on any atom is -0.396 e. The lowest BCUT2D eigenvalue weighted by molar-refractivity contribution is 0.284. The van der Waals surface area contributed by atoms with Crippen molar-refractivity contribution < 1.29 is 9.50 Å². The Morgan fingerprint density at radius 2 is 2.33 bits per heavy atom. The van der Waals surface area contributed by atoms with Crippen LogP contribution in [-0.4, -0.2) is 11.7 Å². The van der Waals surface area contributed by atoms with Gasteiger partial charge in [0, 0.05) is 6.61 Å². The molecule has 0 unspecified atom stereocenters. The molecule has 0 rings (SSSR count). The molecule has 0 aromatic carbocycles. The molecule has 2 heteroatoms. The Morgan fingerprint density at radius 1 is 1.67 bits per heavy atom. The van der Waals surface area contributed by atoms with Gasteiger partial charge in [-0.25, -0.2) is 4.39 Å². The smallest absolute Gasteiger partial charge is 0.131 e. The van der Waals surface area contributed by atoms with Gasteiger partial charge in [0.1, 0.15) is 6.67 Å². The summed E-state index contributed by atoms with van der Waals surface area (Å²) in [5, 5.41) is 8.01. The van der Waals surface area contributed by atoms with Crippen LogP contribution in [-0.2, 0) is 0 Å². The molecule has 0 spiro atoms. The van der Waals surface area contributed by atoms with Crippen molar-refractivity contribution >= 4 is 0 Å². The molecule has 1 N–H and O–H groups in total. The second-order valence-corrected chi connectivity index (χ2v) is 1.02. The van der Waals surface area contributed by atoms with Crippen molar-refractivity contribution in [2.45, 2.75) is 12.8 Å². The highest BCUT2D eigenvalue weighted by Gasteiger charge is 1.80. The van der Waals surface area contributed by atoms with Crippen LogP contribution in [0.3, 0.4) is 0 Å². The lowest BCUT2D eigenvalue weighted by Crippen LogP contribution is -1.78. The molecular formula is C4H8FO. The number of hydrogen-bond acceptors (Lipinski definition) is 1. The highest BCUT2D eigenvalue weighted by molar-refractivity contribution is 4.44. The zero-order valence-corrected chi connectivity index (χ0v) is 3.52. The van der Waals surface area contributed by atoms with Crippen LogP contribution in [0.15, 0.2) is 0 Å². The molecule has 0 aromatic heterocycles. The van der Waals surface area contributed by atoms with Gasteiger partial charge >= 0.3 is 0 Å². The fraction of sp³-hybridized carbons (Fsp3) is 0.750. The molecule has 1 nitrogen and oxygen atoms in total. The number of halogens is 1. The van der Waals surface area contributed by atoms with E-state index in [-0.39, 0.29) is 6.61 Å². The van der Waals surface area contributed by atoms with E-state index in [9.17, 15) is 4.39 Å². The highest BCUT2D eigenvalue weighted by atomic mass is 19.1. The van der Waals surface area contributed by atoms with E-state index in [1.54, 1.807) is 0 Å². The summed E-state index contributed by atoms with van der Waals surface area (Å²) in [7, 11) is 0. The van der Waals surface area contributed by atoms with Gasteiger partial charge in [-0.05, 0) is 12.8 Å². The quantitative estimate of drug-likeness (QED) is 0.511. The van der Waals surface area contributed by atoms with Gasteiger partial charge in [-0.3, -0.25) is 0 Å². The zero-order valence-electron chi connectivity index (χ0n) is 3.52. The molecule has 0 fully saturated rings. The van der Waals surface area contributed by atoms with Crippen LogP contribution in [0.4, 0.5) is 4.39 Å². The van der Waals surface area contributed by atoms with Crippen LogP contribution >= 0.6 is 0 Å². The van der Waals surface area contributed by atoms with Gasteiger partial charge in [-0.15, -0.1) is 0 Å². The normalized spacial score (nSPS) is 9.00. The van der Waals surface area contributed by atoms with Crippen LogP contribution in [0.5, 0.6) is 0 Å². The van der Waals surface area contributed by atoms with Gasteiger partial charge in [-0.2, -0.15) is 0 Å². The molecule has 0 heterocycles. The number of aliphatic hydroxyl groups is 1. The summed E-state index contributed by atoms with van der Waals surface area (Å²) in [6.07, 6.45) is 0.910. The summed E-state index contributed by atoms with van der Waals surface area (Å²) in [6, 6.07) is 0. The molecule has 1 radical (unpaired) electrons. The molecule has 6 heavy (non-hydrogen) atoms. The first-order valence-corrected chi connectivity index (χ1v) is 1.94. The van der Waals surface area contributed by atoms with E-state index in [1.807, 2.05) is 0 Å². The molecule has 0 aromatic rings. The second kappa shape index (κ2) is 4.89. The Kier molecular flexibility index (Phi) is 4.80.